The number of aryl methyl sites for hydroxylation is 1. The maximum Gasteiger partial charge on any atom is 0.0104 e. The van der Waals surface area contributed by atoms with Gasteiger partial charge in [0.25, 0.3) is 0 Å². The summed E-state index contributed by atoms with van der Waals surface area (Å²) in [6, 6.07) is 6.67. The van der Waals surface area contributed by atoms with E-state index in [0.29, 0.717) is 0 Å². The molecular formula is C19H30S. The Bertz CT molecular complexity index is 402. The topological polar surface area (TPSA) is 0 Å². The highest BCUT2D eigenvalue weighted by molar-refractivity contribution is 7.99. The van der Waals surface area contributed by atoms with Gasteiger partial charge in [-0.3, -0.25) is 0 Å². The summed E-state index contributed by atoms with van der Waals surface area (Å²) in [5.41, 5.74) is 2.89. The molecule has 1 aromatic carbocycles. The van der Waals surface area contributed by atoms with Crippen molar-refractivity contribution in [1.82, 2.24) is 0 Å². The third-order valence-corrected chi connectivity index (χ3v) is 6.20. The van der Waals surface area contributed by atoms with E-state index in [1.54, 1.807) is 0 Å². The highest BCUT2D eigenvalue weighted by Gasteiger charge is 2.17. The Labute approximate surface area is 129 Å². The van der Waals surface area contributed by atoms with Crippen molar-refractivity contribution in [3.63, 3.8) is 0 Å². The van der Waals surface area contributed by atoms with Crippen molar-refractivity contribution < 1.29 is 0 Å². The molecule has 1 fully saturated rings. The van der Waals surface area contributed by atoms with Crippen LogP contribution in [-0.4, -0.2) is 5.75 Å². The minimum absolute atomic E-state index is 0.992. The van der Waals surface area contributed by atoms with Crippen LogP contribution in [0.5, 0.6) is 0 Å². The Morgan fingerprint density at radius 2 is 1.80 bits per heavy atom. The average Bonchev–Trinajstić information content (AvgIpc) is 2.45. The summed E-state index contributed by atoms with van der Waals surface area (Å²) in [5, 5.41) is 0. The summed E-state index contributed by atoms with van der Waals surface area (Å²) in [5.74, 6) is 3.32. The summed E-state index contributed by atoms with van der Waals surface area (Å²) in [4.78, 5) is 1.48. The zero-order valence-electron chi connectivity index (χ0n) is 13.5. The van der Waals surface area contributed by atoms with Crippen LogP contribution >= 0.6 is 11.8 Å². The van der Waals surface area contributed by atoms with E-state index in [2.05, 4.69) is 39.0 Å². The zero-order valence-corrected chi connectivity index (χ0v) is 14.3. The molecule has 1 aliphatic rings. The second kappa shape index (κ2) is 8.12. The van der Waals surface area contributed by atoms with Crippen LogP contribution < -0.4 is 0 Å². The first-order chi connectivity index (χ1) is 9.66. The predicted molar refractivity (Wildman–Crippen MR) is 91.6 cm³/mol. The van der Waals surface area contributed by atoms with Crippen LogP contribution in [0.15, 0.2) is 23.1 Å². The van der Waals surface area contributed by atoms with Gasteiger partial charge in [0.05, 0.1) is 0 Å². The van der Waals surface area contributed by atoms with Crippen LogP contribution in [0.2, 0.25) is 0 Å². The molecule has 0 heterocycles. The zero-order chi connectivity index (χ0) is 14.4. The van der Waals surface area contributed by atoms with E-state index >= 15 is 0 Å². The molecule has 0 amide bonds. The minimum Gasteiger partial charge on any atom is -0.126 e. The third kappa shape index (κ3) is 4.84. The third-order valence-electron chi connectivity index (χ3n) is 4.95. The van der Waals surface area contributed by atoms with Crippen molar-refractivity contribution in [3.05, 3.63) is 29.3 Å². The van der Waals surface area contributed by atoms with E-state index in [-0.39, 0.29) is 0 Å². The van der Waals surface area contributed by atoms with Crippen LogP contribution in [0.1, 0.15) is 63.0 Å². The van der Waals surface area contributed by atoms with E-state index in [9.17, 15) is 0 Å². The largest absolute Gasteiger partial charge is 0.126 e. The molecule has 0 bridgehead atoms. The second-order valence-electron chi connectivity index (χ2n) is 6.67. The molecule has 1 saturated carbocycles. The van der Waals surface area contributed by atoms with E-state index in [4.69, 9.17) is 0 Å². The Balaban J connectivity index is 1.61. The average molecular weight is 291 g/mol. The van der Waals surface area contributed by atoms with Crippen molar-refractivity contribution >= 4 is 11.8 Å². The summed E-state index contributed by atoms with van der Waals surface area (Å²) in [6.07, 6.45) is 10.2. The van der Waals surface area contributed by atoms with Gasteiger partial charge in [-0.1, -0.05) is 57.6 Å². The molecule has 0 nitrogen and oxygen atoms in total. The monoisotopic (exact) mass is 290 g/mol. The van der Waals surface area contributed by atoms with Gasteiger partial charge < -0.3 is 0 Å². The lowest BCUT2D eigenvalue weighted by Crippen LogP contribution is -2.12. The fraction of sp³-hybridized carbons (Fsp3) is 0.684. The number of rotatable bonds is 6. The molecule has 112 valence electrons. The molecular weight excluding hydrogens is 260 g/mol. The highest BCUT2D eigenvalue weighted by atomic mass is 32.2. The first kappa shape index (κ1) is 15.9. The standard InChI is InChI=1S/C19H30S/c1-15-10-12-18(13-11-15)8-4-5-14-20-19-9-6-7-16(2)17(19)3/h6-7,9,15,18H,4-5,8,10-14H2,1-3H3. The maximum atomic E-state index is 2.41. The molecule has 0 spiro atoms. The molecule has 0 aromatic heterocycles. The molecule has 0 N–H and O–H groups in total. The Kier molecular flexibility index (Phi) is 6.48. The SMILES string of the molecule is Cc1cccc(SCCCCC2CCC(C)CC2)c1C. The molecule has 0 radical (unpaired) electrons. The summed E-state index contributed by atoms with van der Waals surface area (Å²) in [7, 11) is 0. The van der Waals surface area contributed by atoms with Gasteiger partial charge in [-0.2, -0.15) is 0 Å². The van der Waals surface area contributed by atoms with Crippen molar-refractivity contribution in [2.24, 2.45) is 11.8 Å². The molecule has 0 saturated heterocycles. The van der Waals surface area contributed by atoms with Crippen molar-refractivity contribution in [2.75, 3.05) is 5.75 Å². The number of hydrogen-bond acceptors (Lipinski definition) is 1. The molecule has 1 heteroatoms. The molecule has 0 aliphatic heterocycles. The normalized spacial score (nSPS) is 22.9. The van der Waals surface area contributed by atoms with Crippen LogP contribution in [0.4, 0.5) is 0 Å². The van der Waals surface area contributed by atoms with Crippen LogP contribution in [0, 0.1) is 25.7 Å². The Hall–Kier alpha value is -0.430. The Morgan fingerprint density at radius 1 is 1.05 bits per heavy atom. The molecule has 1 aromatic rings. The maximum absolute atomic E-state index is 2.41. The van der Waals surface area contributed by atoms with E-state index < -0.39 is 0 Å². The van der Waals surface area contributed by atoms with E-state index in [1.165, 1.54) is 66.7 Å². The highest BCUT2D eigenvalue weighted by Crippen LogP contribution is 2.32. The summed E-state index contributed by atoms with van der Waals surface area (Å²) < 4.78 is 0. The van der Waals surface area contributed by atoms with Gasteiger partial charge in [-0.05, 0) is 55.1 Å². The number of benzene rings is 1. The van der Waals surface area contributed by atoms with Gasteiger partial charge in [0.15, 0.2) is 0 Å². The lowest BCUT2D eigenvalue weighted by Gasteiger charge is -2.26. The van der Waals surface area contributed by atoms with Gasteiger partial charge >= 0.3 is 0 Å². The van der Waals surface area contributed by atoms with Gasteiger partial charge in [-0.25, -0.2) is 0 Å². The Morgan fingerprint density at radius 3 is 2.55 bits per heavy atom. The van der Waals surface area contributed by atoms with Crippen LogP contribution in [0.25, 0.3) is 0 Å². The van der Waals surface area contributed by atoms with Crippen LogP contribution in [-0.2, 0) is 0 Å². The number of unbranched alkanes of at least 4 members (excludes halogenated alkanes) is 1. The fourth-order valence-corrected chi connectivity index (χ4v) is 4.34. The van der Waals surface area contributed by atoms with Gasteiger partial charge in [-0.15, -0.1) is 11.8 Å². The minimum atomic E-state index is 0.992. The fourth-order valence-electron chi connectivity index (χ4n) is 3.22. The van der Waals surface area contributed by atoms with E-state index in [1.807, 2.05) is 11.8 Å². The molecule has 2 rings (SSSR count). The molecule has 1 aliphatic carbocycles. The van der Waals surface area contributed by atoms with Gasteiger partial charge in [0.1, 0.15) is 0 Å². The van der Waals surface area contributed by atoms with Crippen LogP contribution in [0.3, 0.4) is 0 Å². The second-order valence-corrected chi connectivity index (χ2v) is 7.80. The quantitative estimate of drug-likeness (QED) is 0.432. The molecule has 0 atom stereocenters. The molecule has 0 unspecified atom stereocenters. The van der Waals surface area contributed by atoms with Gasteiger partial charge in [0.2, 0.25) is 0 Å². The predicted octanol–water partition coefficient (Wildman–Crippen LogP) is 6.39. The smallest absolute Gasteiger partial charge is 0.0104 e. The summed E-state index contributed by atoms with van der Waals surface area (Å²) in [6.45, 7) is 6.88. The van der Waals surface area contributed by atoms with Gasteiger partial charge in [0, 0.05) is 4.90 Å². The van der Waals surface area contributed by atoms with Crippen molar-refractivity contribution in [3.8, 4) is 0 Å². The van der Waals surface area contributed by atoms with Crippen molar-refractivity contribution in [2.45, 2.75) is 70.6 Å². The number of hydrogen-bond donors (Lipinski definition) is 0. The lowest BCUT2D eigenvalue weighted by molar-refractivity contribution is 0.273. The first-order valence-electron chi connectivity index (χ1n) is 8.36. The molecule has 20 heavy (non-hydrogen) atoms. The summed E-state index contributed by atoms with van der Waals surface area (Å²) >= 11 is 2.05. The lowest BCUT2D eigenvalue weighted by atomic mass is 9.81. The first-order valence-corrected chi connectivity index (χ1v) is 9.34. The number of thioether (sulfide) groups is 1. The van der Waals surface area contributed by atoms with E-state index in [0.717, 1.165) is 11.8 Å². The van der Waals surface area contributed by atoms with Crippen molar-refractivity contribution in [1.29, 1.82) is 0 Å².